The minimum Gasteiger partial charge on any atom is -0.379 e. The summed E-state index contributed by atoms with van der Waals surface area (Å²) in [4.78, 5) is 29.3. The molecule has 0 aromatic carbocycles. The molecule has 2 rings (SSSR count). The second kappa shape index (κ2) is 9.25. The Labute approximate surface area is 142 Å². The smallest absolute Gasteiger partial charge is 0.263 e. The molecule has 2 aliphatic heterocycles. The van der Waals surface area contributed by atoms with Crippen molar-refractivity contribution in [2.24, 2.45) is 0 Å². The van der Waals surface area contributed by atoms with E-state index in [1.807, 2.05) is 11.0 Å². The third-order valence-electron chi connectivity index (χ3n) is 4.25. The monoisotopic (exact) mass is 335 g/mol. The minimum atomic E-state index is -0.347. The molecule has 0 aromatic heterocycles. The van der Waals surface area contributed by atoms with Crippen molar-refractivity contribution in [1.29, 1.82) is 5.26 Å². The molecule has 0 saturated carbocycles. The molecule has 132 valence electrons. The molecule has 0 spiro atoms. The van der Waals surface area contributed by atoms with Gasteiger partial charge in [-0.25, -0.2) is 0 Å². The maximum Gasteiger partial charge on any atom is 0.263 e. The number of hydrogen-bond donors (Lipinski definition) is 1. The number of ether oxygens (including phenoxy) is 1. The van der Waals surface area contributed by atoms with Crippen LogP contribution in [0.4, 0.5) is 0 Å². The van der Waals surface area contributed by atoms with Crippen LogP contribution in [0.3, 0.4) is 0 Å². The first-order chi connectivity index (χ1) is 11.6. The highest BCUT2D eigenvalue weighted by atomic mass is 16.5. The molecule has 0 aromatic rings. The van der Waals surface area contributed by atoms with Gasteiger partial charge in [0.25, 0.3) is 5.91 Å². The van der Waals surface area contributed by atoms with Gasteiger partial charge in [-0.1, -0.05) is 0 Å². The quantitative estimate of drug-likeness (QED) is 0.512. The zero-order chi connectivity index (χ0) is 17.4. The van der Waals surface area contributed by atoms with Crippen LogP contribution in [0, 0.1) is 11.3 Å². The number of nitrogens with one attached hydrogen (secondary N) is 1. The fourth-order valence-electron chi connectivity index (χ4n) is 2.73. The standard InChI is InChI=1S/C16H25N5O3/c1-14(22)21-6-4-20(5-7-21)13-15(12-17)16(23)18-2-3-19-8-10-24-11-9-19/h13H,2-11H2,1H3,(H,18,23)/b15-13-. The summed E-state index contributed by atoms with van der Waals surface area (Å²) in [5.74, 6) is -0.292. The van der Waals surface area contributed by atoms with Crippen molar-refractivity contribution in [2.45, 2.75) is 6.92 Å². The molecule has 0 atom stereocenters. The van der Waals surface area contributed by atoms with Gasteiger partial charge < -0.3 is 19.9 Å². The van der Waals surface area contributed by atoms with Gasteiger partial charge in [0, 0.05) is 65.5 Å². The van der Waals surface area contributed by atoms with E-state index in [1.54, 1.807) is 18.0 Å². The fourth-order valence-corrected chi connectivity index (χ4v) is 2.73. The number of carbonyl (C=O) groups excluding carboxylic acids is 2. The highest BCUT2D eigenvalue weighted by Gasteiger charge is 2.18. The van der Waals surface area contributed by atoms with E-state index < -0.39 is 0 Å². The normalized spacial score (nSPS) is 19.8. The first-order valence-electron chi connectivity index (χ1n) is 8.30. The molecule has 0 radical (unpaired) electrons. The van der Waals surface area contributed by atoms with Crippen LogP contribution in [-0.4, -0.2) is 92.1 Å². The van der Waals surface area contributed by atoms with Crippen molar-refractivity contribution in [3.05, 3.63) is 11.8 Å². The van der Waals surface area contributed by atoms with Gasteiger partial charge in [0.1, 0.15) is 11.6 Å². The molecule has 0 unspecified atom stereocenters. The predicted octanol–water partition coefficient (Wildman–Crippen LogP) is -0.994. The van der Waals surface area contributed by atoms with Crippen molar-refractivity contribution in [3.63, 3.8) is 0 Å². The lowest BCUT2D eigenvalue weighted by Gasteiger charge is -2.33. The third-order valence-corrected chi connectivity index (χ3v) is 4.25. The van der Waals surface area contributed by atoms with E-state index in [4.69, 9.17) is 4.74 Å². The van der Waals surface area contributed by atoms with Crippen molar-refractivity contribution in [1.82, 2.24) is 20.0 Å². The summed E-state index contributed by atoms with van der Waals surface area (Å²) in [5, 5.41) is 12.0. The molecule has 2 amide bonds. The number of nitrogens with zero attached hydrogens (tertiary/aromatic N) is 4. The molecule has 24 heavy (non-hydrogen) atoms. The van der Waals surface area contributed by atoms with E-state index in [9.17, 15) is 14.9 Å². The molecule has 2 heterocycles. The Kier molecular flexibility index (Phi) is 7.03. The highest BCUT2D eigenvalue weighted by Crippen LogP contribution is 2.05. The average molecular weight is 335 g/mol. The predicted molar refractivity (Wildman–Crippen MR) is 87.8 cm³/mol. The second-order valence-corrected chi connectivity index (χ2v) is 5.91. The minimum absolute atomic E-state index is 0.0555. The third kappa shape index (κ3) is 5.51. The molecular formula is C16H25N5O3. The highest BCUT2D eigenvalue weighted by molar-refractivity contribution is 5.97. The van der Waals surface area contributed by atoms with E-state index in [2.05, 4.69) is 10.2 Å². The average Bonchev–Trinajstić information content (AvgIpc) is 2.60. The summed E-state index contributed by atoms with van der Waals surface area (Å²) in [5.41, 5.74) is 0.105. The van der Waals surface area contributed by atoms with Gasteiger partial charge in [0.05, 0.1) is 13.2 Å². The van der Waals surface area contributed by atoms with Crippen molar-refractivity contribution < 1.29 is 14.3 Å². The summed E-state index contributed by atoms with van der Waals surface area (Å²) in [7, 11) is 0. The first kappa shape index (κ1) is 18.2. The lowest BCUT2D eigenvalue weighted by molar-refractivity contribution is -0.130. The van der Waals surface area contributed by atoms with E-state index in [0.29, 0.717) is 32.7 Å². The maximum absolute atomic E-state index is 12.1. The van der Waals surface area contributed by atoms with Gasteiger partial charge in [0.2, 0.25) is 5.91 Å². The van der Waals surface area contributed by atoms with Crippen LogP contribution in [0.15, 0.2) is 11.8 Å². The van der Waals surface area contributed by atoms with Crippen LogP contribution < -0.4 is 5.32 Å². The van der Waals surface area contributed by atoms with Crippen LogP contribution >= 0.6 is 0 Å². The largest absolute Gasteiger partial charge is 0.379 e. The molecule has 2 aliphatic rings. The van der Waals surface area contributed by atoms with Gasteiger partial charge in [-0.2, -0.15) is 5.26 Å². The van der Waals surface area contributed by atoms with E-state index in [0.717, 1.165) is 32.8 Å². The molecular weight excluding hydrogens is 310 g/mol. The van der Waals surface area contributed by atoms with Crippen molar-refractivity contribution >= 4 is 11.8 Å². The summed E-state index contributed by atoms with van der Waals surface area (Å²) in [6.45, 7) is 8.50. The van der Waals surface area contributed by atoms with Crippen LogP contribution in [0.1, 0.15) is 6.92 Å². The van der Waals surface area contributed by atoms with Gasteiger partial charge in [-0.3, -0.25) is 14.5 Å². The summed E-state index contributed by atoms with van der Waals surface area (Å²) in [6.07, 6.45) is 1.60. The Morgan fingerprint density at radius 3 is 2.42 bits per heavy atom. The topological polar surface area (TPSA) is 88.9 Å². The van der Waals surface area contributed by atoms with E-state index >= 15 is 0 Å². The zero-order valence-electron chi connectivity index (χ0n) is 14.2. The number of hydrogen-bond acceptors (Lipinski definition) is 6. The molecule has 2 saturated heterocycles. The van der Waals surface area contributed by atoms with Gasteiger partial charge in [-0.05, 0) is 0 Å². The molecule has 8 nitrogen and oxygen atoms in total. The molecule has 0 bridgehead atoms. The fraction of sp³-hybridized carbons (Fsp3) is 0.688. The number of nitriles is 1. The summed E-state index contributed by atoms with van der Waals surface area (Å²) < 4.78 is 5.28. The van der Waals surface area contributed by atoms with Crippen LogP contribution in [-0.2, 0) is 14.3 Å². The molecule has 1 N–H and O–H groups in total. The van der Waals surface area contributed by atoms with Crippen molar-refractivity contribution in [3.8, 4) is 6.07 Å². The SMILES string of the molecule is CC(=O)N1CCN(/C=C(/C#N)C(=O)NCCN2CCOCC2)CC1. The zero-order valence-corrected chi connectivity index (χ0v) is 14.2. The Bertz CT molecular complexity index is 514. The van der Waals surface area contributed by atoms with Gasteiger partial charge in [-0.15, -0.1) is 0 Å². The van der Waals surface area contributed by atoms with Crippen LogP contribution in [0.2, 0.25) is 0 Å². The lowest BCUT2D eigenvalue weighted by Crippen LogP contribution is -2.46. The Hall–Kier alpha value is -2.11. The van der Waals surface area contributed by atoms with Gasteiger partial charge in [0.15, 0.2) is 0 Å². The second-order valence-electron chi connectivity index (χ2n) is 5.91. The van der Waals surface area contributed by atoms with E-state index in [1.165, 1.54) is 0 Å². The maximum atomic E-state index is 12.1. The first-order valence-corrected chi connectivity index (χ1v) is 8.30. The molecule has 8 heteroatoms. The number of morpholine rings is 1. The Morgan fingerprint density at radius 2 is 1.83 bits per heavy atom. The van der Waals surface area contributed by atoms with Crippen molar-refractivity contribution in [2.75, 3.05) is 65.6 Å². The Balaban J connectivity index is 1.76. The number of amides is 2. The Morgan fingerprint density at radius 1 is 1.17 bits per heavy atom. The number of piperazine rings is 1. The van der Waals surface area contributed by atoms with E-state index in [-0.39, 0.29) is 17.4 Å². The van der Waals surface area contributed by atoms with Crippen LogP contribution in [0.25, 0.3) is 0 Å². The molecule has 0 aliphatic carbocycles. The summed E-state index contributed by atoms with van der Waals surface area (Å²) >= 11 is 0. The van der Waals surface area contributed by atoms with Crippen LogP contribution in [0.5, 0.6) is 0 Å². The molecule has 2 fully saturated rings. The lowest BCUT2D eigenvalue weighted by atomic mass is 10.2. The number of rotatable bonds is 5. The number of carbonyl (C=O) groups is 2. The summed E-state index contributed by atoms with van der Waals surface area (Å²) in [6, 6.07) is 1.96. The van der Waals surface area contributed by atoms with Gasteiger partial charge >= 0.3 is 0 Å².